The average molecular weight is 374 g/mol. The Balaban J connectivity index is 2.36. The topological polar surface area (TPSA) is 64.9 Å². The summed E-state index contributed by atoms with van der Waals surface area (Å²) >= 11 is 5.04. The molecule has 8 heteroatoms. The van der Waals surface area contributed by atoms with E-state index in [1.807, 2.05) is 17.9 Å². The van der Waals surface area contributed by atoms with E-state index in [0.29, 0.717) is 13.2 Å². The van der Waals surface area contributed by atoms with Gasteiger partial charge < -0.3 is 10.1 Å². The number of aryl methyl sites for hydroxylation is 1. The zero-order chi connectivity index (χ0) is 15.2. The summed E-state index contributed by atoms with van der Waals surface area (Å²) in [5, 5.41) is 12.0. The molecule has 21 heavy (non-hydrogen) atoms. The van der Waals surface area contributed by atoms with E-state index in [0.717, 1.165) is 33.6 Å². The summed E-state index contributed by atoms with van der Waals surface area (Å²) in [5.41, 5.74) is 2.14. The van der Waals surface area contributed by atoms with Crippen LogP contribution in [-0.4, -0.2) is 40.1 Å². The molecule has 1 atom stereocenters. The van der Waals surface area contributed by atoms with Gasteiger partial charge in [0, 0.05) is 7.11 Å². The summed E-state index contributed by atoms with van der Waals surface area (Å²) in [6.45, 7) is 3.49. The number of hydrogen-bond donors (Lipinski definition) is 1. The molecule has 6 nitrogen and oxygen atoms in total. The third-order valence-electron chi connectivity index (χ3n) is 3.24. The van der Waals surface area contributed by atoms with Gasteiger partial charge in [0.25, 0.3) is 0 Å². The Bertz CT molecular complexity index is 571. The maximum atomic E-state index is 5.16. The number of hydrogen-bond acceptors (Lipinski definition) is 6. The molecule has 2 heterocycles. The lowest BCUT2D eigenvalue weighted by molar-refractivity contribution is 0.182. The van der Waals surface area contributed by atoms with Gasteiger partial charge in [-0.3, -0.25) is 4.68 Å². The van der Waals surface area contributed by atoms with Gasteiger partial charge in [0.05, 0.1) is 46.1 Å². The Morgan fingerprint density at radius 1 is 1.52 bits per heavy atom. The molecule has 0 radical (unpaired) electrons. The summed E-state index contributed by atoms with van der Waals surface area (Å²) in [6, 6.07) is 0.0280. The van der Waals surface area contributed by atoms with Gasteiger partial charge in [-0.25, -0.2) is 0 Å². The lowest BCUT2D eigenvalue weighted by Crippen LogP contribution is -2.23. The van der Waals surface area contributed by atoms with E-state index in [4.69, 9.17) is 4.74 Å². The van der Waals surface area contributed by atoms with E-state index in [-0.39, 0.29) is 6.04 Å². The van der Waals surface area contributed by atoms with E-state index < -0.39 is 0 Å². The molecule has 1 unspecified atom stereocenters. The minimum atomic E-state index is 0.0280. The maximum Gasteiger partial charge on any atom is 0.0886 e. The molecule has 2 aromatic heterocycles. The van der Waals surface area contributed by atoms with Crippen LogP contribution in [0.5, 0.6) is 0 Å². The monoisotopic (exact) mass is 373 g/mol. The number of rotatable bonds is 8. The van der Waals surface area contributed by atoms with Gasteiger partial charge in [-0.05, 0) is 40.9 Å². The van der Waals surface area contributed by atoms with Crippen LogP contribution in [0.4, 0.5) is 0 Å². The van der Waals surface area contributed by atoms with Gasteiger partial charge in [-0.1, -0.05) is 17.8 Å². The summed E-state index contributed by atoms with van der Waals surface area (Å²) < 4.78 is 12.2. The first-order chi connectivity index (χ1) is 10.2. The summed E-state index contributed by atoms with van der Waals surface area (Å²) in [6.07, 6.45) is 3.82. The number of nitrogens with zero attached hydrogens (tertiary/aromatic N) is 4. The molecule has 0 aromatic carbocycles. The molecular weight excluding hydrogens is 354 g/mol. The number of nitrogens with one attached hydrogen (secondary N) is 1. The Morgan fingerprint density at radius 2 is 2.33 bits per heavy atom. The van der Waals surface area contributed by atoms with E-state index >= 15 is 0 Å². The van der Waals surface area contributed by atoms with Crippen LogP contribution in [0, 0.1) is 0 Å². The Kier molecular flexibility index (Phi) is 6.28. The van der Waals surface area contributed by atoms with Crippen LogP contribution in [0.25, 0.3) is 0 Å². The van der Waals surface area contributed by atoms with Crippen molar-refractivity contribution >= 4 is 27.5 Å². The second kappa shape index (κ2) is 7.98. The summed E-state index contributed by atoms with van der Waals surface area (Å²) in [4.78, 5) is 1.15. The van der Waals surface area contributed by atoms with Gasteiger partial charge >= 0.3 is 0 Å². The fourth-order valence-corrected chi connectivity index (χ4v) is 3.59. The van der Waals surface area contributed by atoms with Crippen LogP contribution in [0.3, 0.4) is 0 Å². The Labute approximate surface area is 137 Å². The van der Waals surface area contributed by atoms with Gasteiger partial charge in [0.15, 0.2) is 0 Å². The van der Waals surface area contributed by atoms with E-state index in [9.17, 15) is 0 Å². The second-order valence-electron chi connectivity index (χ2n) is 4.65. The molecule has 0 spiro atoms. The Hall–Kier alpha value is -0.830. The quantitative estimate of drug-likeness (QED) is 0.769. The standard InChI is InChI=1S/C13H20BrN5OS/c1-4-5-10-13(21-18-17-10)11(15-2)12-9(14)8-16-19(12)6-7-20-3/h8,11,15H,4-7H2,1-3H3. The third-order valence-corrected chi connectivity index (χ3v) is 4.68. The molecule has 0 fully saturated rings. The number of methoxy groups -OCH3 is 1. The smallest absolute Gasteiger partial charge is 0.0886 e. The zero-order valence-corrected chi connectivity index (χ0v) is 14.9. The summed E-state index contributed by atoms with van der Waals surface area (Å²) in [5.74, 6) is 0. The maximum absolute atomic E-state index is 5.16. The normalized spacial score (nSPS) is 12.8. The highest BCUT2D eigenvalue weighted by Crippen LogP contribution is 2.32. The van der Waals surface area contributed by atoms with Crippen LogP contribution in [0.15, 0.2) is 10.7 Å². The predicted octanol–water partition coefficient (Wildman–Crippen LogP) is 2.40. The van der Waals surface area contributed by atoms with Gasteiger partial charge in [0.1, 0.15) is 0 Å². The van der Waals surface area contributed by atoms with Gasteiger partial charge in [-0.2, -0.15) is 5.10 Å². The molecule has 2 aromatic rings. The minimum absolute atomic E-state index is 0.0280. The van der Waals surface area contributed by atoms with Crippen LogP contribution >= 0.6 is 27.5 Å². The predicted molar refractivity (Wildman–Crippen MR) is 86.6 cm³/mol. The Morgan fingerprint density at radius 3 is 3.00 bits per heavy atom. The second-order valence-corrected chi connectivity index (χ2v) is 6.29. The molecule has 0 saturated carbocycles. The van der Waals surface area contributed by atoms with Gasteiger partial charge in [-0.15, -0.1) is 5.10 Å². The molecule has 0 saturated heterocycles. The van der Waals surface area contributed by atoms with Crippen molar-refractivity contribution in [3.63, 3.8) is 0 Å². The van der Waals surface area contributed by atoms with Crippen molar-refractivity contribution in [3.05, 3.63) is 26.9 Å². The highest BCUT2D eigenvalue weighted by Gasteiger charge is 2.25. The van der Waals surface area contributed by atoms with E-state index in [2.05, 4.69) is 42.9 Å². The van der Waals surface area contributed by atoms with Crippen molar-refractivity contribution in [2.75, 3.05) is 20.8 Å². The molecular formula is C13H20BrN5OS. The molecule has 2 rings (SSSR count). The van der Waals surface area contributed by atoms with Crippen molar-refractivity contribution in [2.24, 2.45) is 0 Å². The number of aromatic nitrogens is 4. The highest BCUT2D eigenvalue weighted by atomic mass is 79.9. The molecule has 0 aliphatic carbocycles. The van der Waals surface area contributed by atoms with Crippen LogP contribution in [-0.2, 0) is 17.7 Å². The first kappa shape index (κ1) is 16.5. The van der Waals surface area contributed by atoms with E-state index in [1.54, 1.807) is 7.11 Å². The summed E-state index contributed by atoms with van der Waals surface area (Å²) in [7, 11) is 3.64. The lowest BCUT2D eigenvalue weighted by Gasteiger charge is -2.18. The highest BCUT2D eigenvalue weighted by molar-refractivity contribution is 9.10. The first-order valence-corrected chi connectivity index (χ1v) is 8.48. The van der Waals surface area contributed by atoms with Crippen molar-refractivity contribution < 1.29 is 4.74 Å². The zero-order valence-electron chi connectivity index (χ0n) is 12.5. The van der Waals surface area contributed by atoms with Crippen molar-refractivity contribution in [1.29, 1.82) is 0 Å². The molecule has 116 valence electrons. The van der Waals surface area contributed by atoms with Crippen molar-refractivity contribution in [2.45, 2.75) is 32.4 Å². The van der Waals surface area contributed by atoms with Gasteiger partial charge in [0.2, 0.25) is 0 Å². The largest absolute Gasteiger partial charge is 0.383 e. The molecule has 1 N–H and O–H groups in total. The molecule has 0 aliphatic rings. The third kappa shape index (κ3) is 3.68. The lowest BCUT2D eigenvalue weighted by atomic mass is 10.1. The average Bonchev–Trinajstić information content (AvgIpc) is 3.07. The first-order valence-electron chi connectivity index (χ1n) is 6.91. The van der Waals surface area contributed by atoms with Crippen molar-refractivity contribution in [1.82, 2.24) is 24.7 Å². The minimum Gasteiger partial charge on any atom is -0.383 e. The number of ether oxygens (including phenoxy) is 1. The SMILES string of the molecule is CCCc1nnsc1C(NC)c1c(Br)cnn1CCOC. The van der Waals surface area contributed by atoms with Crippen LogP contribution < -0.4 is 5.32 Å². The molecule has 0 amide bonds. The van der Waals surface area contributed by atoms with Crippen molar-refractivity contribution in [3.8, 4) is 0 Å². The fraction of sp³-hybridized carbons (Fsp3) is 0.615. The number of halogens is 1. The van der Waals surface area contributed by atoms with Crippen LogP contribution in [0.2, 0.25) is 0 Å². The van der Waals surface area contributed by atoms with E-state index in [1.165, 1.54) is 11.5 Å². The molecule has 0 bridgehead atoms. The van der Waals surface area contributed by atoms with Crippen LogP contribution in [0.1, 0.15) is 35.7 Å². The molecule has 0 aliphatic heterocycles. The fourth-order valence-electron chi connectivity index (χ4n) is 2.25.